The smallest absolute Gasteiger partial charge is 0.414 e. The van der Waals surface area contributed by atoms with Crippen molar-refractivity contribution >= 4 is 23.6 Å². The fraction of sp³-hybridized carbons (Fsp3) is 0.105. The van der Waals surface area contributed by atoms with E-state index in [2.05, 4.69) is 27.4 Å². The molecule has 130 valence electrons. The van der Waals surface area contributed by atoms with E-state index in [4.69, 9.17) is 16.3 Å². The third kappa shape index (κ3) is 2.95. The van der Waals surface area contributed by atoms with Crippen LogP contribution in [0.3, 0.4) is 0 Å². The number of rotatable bonds is 3. The summed E-state index contributed by atoms with van der Waals surface area (Å²) in [6.07, 6.45) is 0.469. The van der Waals surface area contributed by atoms with E-state index in [9.17, 15) is 9.59 Å². The number of aromatic amines is 1. The number of fused-ring (bicyclic) bond motifs is 3. The molecule has 0 unspecified atom stereocenters. The molecule has 6 nitrogen and oxygen atoms in total. The van der Waals surface area contributed by atoms with Crippen LogP contribution in [0.1, 0.15) is 17.0 Å². The van der Waals surface area contributed by atoms with Gasteiger partial charge in [0.15, 0.2) is 0 Å². The van der Waals surface area contributed by atoms with Crippen LogP contribution in [-0.2, 0) is 4.74 Å². The van der Waals surface area contributed by atoms with Gasteiger partial charge in [-0.3, -0.25) is 15.1 Å². The van der Waals surface area contributed by atoms with Crippen molar-refractivity contribution in [3.8, 4) is 11.1 Å². The molecule has 0 fully saturated rings. The van der Waals surface area contributed by atoms with E-state index in [0.717, 1.165) is 22.3 Å². The predicted octanol–water partition coefficient (Wildman–Crippen LogP) is 3.78. The molecule has 0 spiro atoms. The number of aromatic nitrogens is 2. The summed E-state index contributed by atoms with van der Waals surface area (Å²) < 4.78 is 5.37. The van der Waals surface area contributed by atoms with Crippen molar-refractivity contribution in [2.45, 2.75) is 5.92 Å². The summed E-state index contributed by atoms with van der Waals surface area (Å²) in [5, 5.41) is 2.34. The van der Waals surface area contributed by atoms with Crippen molar-refractivity contribution < 1.29 is 9.53 Å². The third-order valence-corrected chi connectivity index (χ3v) is 4.59. The molecule has 1 heterocycles. The Morgan fingerprint density at radius 1 is 1.12 bits per heavy atom. The Morgan fingerprint density at radius 3 is 2.35 bits per heavy atom. The highest BCUT2D eigenvalue weighted by molar-refractivity contribution is 6.30. The van der Waals surface area contributed by atoms with E-state index in [0.29, 0.717) is 0 Å². The topological polar surface area (TPSA) is 84.1 Å². The van der Waals surface area contributed by atoms with Crippen molar-refractivity contribution in [3.05, 3.63) is 81.2 Å². The molecule has 0 saturated carbocycles. The van der Waals surface area contributed by atoms with Crippen LogP contribution in [-0.4, -0.2) is 22.7 Å². The van der Waals surface area contributed by atoms with Crippen LogP contribution in [0.15, 0.2) is 59.5 Å². The monoisotopic (exact) mass is 367 g/mol. The number of benzene rings is 2. The zero-order valence-electron chi connectivity index (χ0n) is 13.5. The molecule has 2 aromatic carbocycles. The Labute approximate surface area is 153 Å². The fourth-order valence-corrected chi connectivity index (χ4v) is 3.27. The molecule has 4 rings (SSSR count). The average Bonchev–Trinajstić information content (AvgIpc) is 2.97. The molecule has 2 N–H and O–H groups in total. The van der Waals surface area contributed by atoms with Crippen LogP contribution < -0.4 is 10.9 Å². The molecular weight excluding hydrogens is 354 g/mol. The molecule has 0 radical (unpaired) electrons. The highest BCUT2D eigenvalue weighted by Gasteiger charge is 2.29. The maximum Gasteiger partial charge on any atom is 0.414 e. The highest BCUT2D eigenvalue weighted by atomic mass is 35.5. The van der Waals surface area contributed by atoms with Gasteiger partial charge in [-0.25, -0.2) is 9.78 Å². The van der Waals surface area contributed by atoms with Gasteiger partial charge in [-0.05, 0) is 22.3 Å². The van der Waals surface area contributed by atoms with Gasteiger partial charge in [0, 0.05) is 5.92 Å². The van der Waals surface area contributed by atoms with E-state index >= 15 is 0 Å². The van der Waals surface area contributed by atoms with Gasteiger partial charge in [0.2, 0.25) is 5.95 Å². The normalized spacial score (nSPS) is 12.3. The zero-order valence-corrected chi connectivity index (χ0v) is 14.3. The van der Waals surface area contributed by atoms with Crippen molar-refractivity contribution in [2.24, 2.45) is 0 Å². The first-order valence-electron chi connectivity index (χ1n) is 8.00. The number of nitrogens with zero attached hydrogens (tertiary/aromatic N) is 1. The lowest BCUT2D eigenvalue weighted by atomic mass is 9.98. The maximum atomic E-state index is 12.1. The lowest BCUT2D eigenvalue weighted by Crippen LogP contribution is -2.21. The van der Waals surface area contributed by atoms with E-state index in [1.807, 2.05) is 36.4 Å². The van der Waals surface area contributed by atoms with Crippen LogP contribution in [0, 0.1) is 0 Å². The number of H-pyrrole nitrogens is 1. The Kier molecular flexibility index (Phi) is 4.18. The molecular formula is C19H14ClN3O3. The van der Waals surface area contributed by atoms with Gasteiger partial charge in [0.1, 0.15) is 11.6 Å². The van der Waals surface area contributed by atoms with Crippen molar-refractivity contribution in [3.63, 3.8) is 0 Å². The Balaban J connectivity index is 1.50. The minimum atomic E-state index is -0.697. The molecule has 1 aromatic heterocycles. The fourth-order valence-electron chi connectivity index (χ4n) is 3.17. The quantitative estimate of drug-likeness (QED) is 0.737. The first-order chi connectivity index (χ1) is 12.6. The number of hydrogen-bond donors (Lipinski definition) is 2. The molecule has 0 atom stereocenters. The van der Waals surface area contributed by atoms with Crippen LogP contribution in [0.5, 0.6) is 0 Å². The predicted molar refractivity (Wildman–Crippen MR) is 98.6 cm³/mol. The van der Waals surface area contributed by atoms with E-state index in [-0.39, 0.29) is 23.5 Å². The summed E-state index contributed by atoms with van der Waals surface area (Å²) in [5.41, 5.74) is 4.02. The zero-order chi connectivity index (χ0) is 18.1. The summed E-state index contributed by atoms with van der Waals surface area (Å²) in [6, 6.07) is 16.1. The number of halogens is 1. The Hall–Kier alpha value is -3.12. The molecule has 1 aliphatic rings. The van der Waals surface area contributed by atoms with Gasteiger partial charge in [-0.15, -0.1) is 0 Å². The SMILES string of the molecule is O=C(Nc1ncc(Cl)c(=O)[nH]1)OCC1c2ccccc2-c2ccccc21. The molecule has 3 aromatic rings. The van der Waals surface area contributed by atoms with Gasteiger partial charge in [-0.2, -0.15) is 0 Å². The summed E-state index contributed by atoms with van der Waals surface area (Å²) in [6.45, 7) is 0.178. The largest absolute Gasteiger partial charge is 0.448 e. The number of carbonyl (C=O) groups is 1. The molecule has 7 heteroatoms. The van der Waals surface area contributed by atoms with Gasteiger partial charge in [0.05, 0.1) is 6.20 Å². The van der Waals surface area contributed by atoms with Crippen LogP contribution >= 0.6 is 11.6 Å². The number of hydrogen-bond acceptors (Lipinski definition) is 4. The Morgan fingerprint density at radius 2 is 1.73 bits per heavy atom. The number of ether oxygens (including phenoxy) is 1. The minimum Gasteiger partial charge on any atom is -0.448 e. The summed E-state index contributed by atoms with van der Waals surface area (Å²) in [4.78, 5) is 29.7. The first-order valence-corrected chi connectivity index (χ1v) is 8.38. The Bertz CT molecular complexity index is 1000. The van der Waals surface area contributed by atoms with E-state index in [1.54, 1.807) is 0 Å². The minimum absolute atomic E-state index is 0.0170. The number of carbonyl (C=O) groups excluding carboxylic acids is 1. The molecule has 1 amide bonds. The standard InChI is InChI=1S/C19H14ClN3O3/c20-16-9-21-18(22-17(16)24)23-19(25)26-10-15-13-7-3-1-5-11(13)12-6-2-4-8-14(12)15/h1-9,15H,10H2,(H2,21,22,23,24,25). The number of nitrogens with one attached hydrogen (secondary N) is 2. The van der Waals surface area contributed by atoms with Gasteiger partial charge in [-0.1, -0.05) is 60.1 Å². The van der Waals surface area contributed by atoms with E-state index < -0.39 is 11.7 Å². The van der Waals surface area contributed by atoms with Gasteiger partial charge in [0.25, 0.3) is 5.56 Å². The van der Waals surface area contributed by atoms with Crippen molar-refractivity contribution in [2.75, 3.05) is 11.9 Å². The van der Waals surface area contributed by atoms with Crippen molar-refractivity contribution in [1.82, 2.24) is 9.97 Å². The second kappa shape index (κ2) is 6.65. The van der Waals surface area contributed by atoms with Gasteiger partial charge >= 0.3 is 6.09 Å². The molecule has 0 bridgehead atoms. The molecule has 0 aliphatic heterocycles. The van der Waals surface area contributed by atoms with E-state index in [1.165, 1.54) is 6.20 Å². The molecule has 26 heavy (non-hydrogen) atoms. The summed E-state index contributed by atoms with van der Waals surface area (Å²) in [7, 11) is 0. The van der Waals surface area contributed by atoms with Crippen LogP contribution in [0.2, 0.25) is 5.02 Å². The van der Waals surface area contributed by atoms with Gasteiger partial charge < -0.3 is 4.74 Å². The van der Waals surface area contributed by atoms with Crippen LogP contribution in [0.25, 0.3) is 11.1 Å². The lowest BCUT2D eigenvalue weighted by molar-refractivity contribution is 0.158. The average molecular weight is 368 g/mol. The summed E-state index contributed by atoms with van der Waals surface area (Å²) >= 11 is 5.61. The number of amides is 1. The second-order valence-electron chi connectivity index (χ2n) is 5.86. The maximum absolute atomic E-state index is 12.1. The second-order valence-corrected chi connectivity index (χ2v) is 6.27. The van der Waals surface area contributed by atoms with Crippen LogP contribution in [0.4, 0.5) is 10.7 Å². The third-order valence-electron chi connectivity index (χ3n) is 4.32. The summed E-state index contributed by atoms with van der Waals surface area (Å²) in [5.74, 6) is -0.0537. The molecule has 0 saturated heterocycles. The molecule has 1 aliphatic carbocycles. The first kappa shape index (κ1) is 16.4. The lowest BCUT2D eigenvalue weighted by Gasteiger charge is -2.14. The van der Waals surface area contributed by atoms with Crippen molar-refractivity contribution in [1.29, 1.82) is 0 Å². The number of anilines is 1. The highest BCUT2D eigenvalue weighted by Crippen LogP contribution is 2.44.